The molecule has 0 radical (unpaired) electrons. The molecular weight excluding hydrogens is 186 g/mol. The number of hydrogen-bond acceptors (Lipinski definition) is 2. The molecule has 2 nitrogen and oxygen atoms in total. The summed E-state index contributed by atoms with van der Waals surface area (Å²) in [5, 5.41) is 3.65. The highest BCUT2D eigenvalue weighted by Crippen LogP contribution is 2.23. The van der Waals surface area contributed by atoms with Crippen LogP contribution in [0.1, 0.15) is 47.5 Å². The molecule has 0 bridgehead atoms. The fraction of sp³-hybridized carbons (Fsp3) is 1.00. The van der Waals surface area contributed by atoms with Gasteiger partial charge in [-0.2, -0.15) is 0 Å². The van der Waals surface area contributed by atoms with Gasteiger partial charge in [0.15, 0.2) is 0 Å². The molecule has 1 heterocycles. The summed E-state index contributed by atoms with van der Waals surface area (Å²) in [7, 11) is 0. The molecule has 0 amide bonds. The largest absolute Gasteiger partial charge is 0.372 e. The minimum atomic E-state index is 0.406. The average molecular weight is 213 g/mol. The van der Waals surface area contributed by atoms with Crippen molar-refractivity contribution in [3.05, 3.63) is 0 Å². The third-order valence-corrected chi connectivity index (χ3v) is 3.23. The van der Waals surface area contributed by atoms with Crippen LogP contribution < -0.4 is 5.32 Å². The Hall–Kier alpha value is -0.0800. The number of morpholine rings is 1. The molecule has 3 atom stereocenters. The number of hydrogen-bond donors (Lipinski definition) is 1. The van der Waals surface area contributed by atoms with E-state index < -0.39 is 0 Å². The minimum absolute atomic E-state index is 0.406. The molecule has 0 aromatic rings. The van der Waals surface area contributed by atoms with E-state index in [2.05, 4.69) is 39.9 Å². The topological polar surface area (TPSA) is 21.3 Å². The monoisotopic (exact) mass is 213 g/mol. The first kappa shape index (κ1) is 13.0. The van der Waals surface area contributed by atoms with Gasteiger partial charge in [-0.25, -0.2) is 0 Å². The fourth-order valence-corrected chi connectivity index (χ4v) is 2.35. The molecule has 0 saturated carbocycles. The van der Waals surface area contributed by atoms with Gasteiger partial charge in [0.1, 0.15) is 0 Å². The molecule has 1 N–H and O–H groups in total. The van der Waals surface area contributed by atoms with Gasteiger partial charge in [-0.15, -0.1) is 0 Å². The van der Waals surface area contributed by atoms with Crippen LogP contribution in [0.3, 0.4) is 0 Å². The van der Waals surface area contributed by atoms with Crippen LogP contribution in [-0.4, -0.2) is 24.8 Å². The first-order valence-electron chi connectivity index (χ1n) is 6.43. The standard InChI is InChI=1S/C13H27NO/c1-6-11-8-14-13(10(4)5)12(15-11)7-9(2)3/h9-14H,6-8H2,1-5H3. The van der Waals surface area contributed by atoms with Gasteiger partial charge >= 0.3 is 0 Å². The summed E-state index contributed by atoms with van der Waals surface area (Å²) >= 11 is 0. The molecule has 3 unspecified atom stereocenters. The second-order valence-corrected chi connectivity index (χ2v) is 5.51. The van der Waals surface area contributed by atoms with Crippen LogP contribution in [0, 0.1) is 11.8 Å². The van der Waals surface area contributed by atoms with Crippen molar-refractivity contribution in [1.82, 2.24) is 5.32 Å². The Labute approximate surface area is 94.8 Å². The van der Waals surface area contributed by atoms with Crippen molar-refractivity contribution in [2.45, 2.75) is 65.7 Å². The van der Waals surface area contributed by atoms with Crippen LogP contribution in [0.2, 0.25) is 0 Å². The number of rotatable bonds is 4. The molecule has 2 heteroatoms. The summed E-state index contributed by atoms with van der Waals surface area (Å²) in [6.07, 6.45) is 3.12. The zero-order chi connectivity index (χ0) is 11.4. The summed E-state index contributed by atoms with van der Waals surface area (Å²) in [6.45, 7) is 12.3. The summed E-state index contributed by atoms with van der Waals surface area (Å²) in [5.41, 5.74) is 0. The van der Waals surface area contributed by atoms with Gasteiger partial charge in [0.25, 0.3) is 0 Å². The van der Waals surface area contributed by atoms with Crippen molar-refractivity contribution >= 4 is 0 Å². The third kappa shape index (κ3) is 3.76. The maximum absolute atomic E-state index is 6.16. The van der Waals surface area contributed by atoms with Gasteiger partial charge in [0.2, 0.25) is 0 Å². The van der Waals surface area contributed by atoms with Crippen LogP contribution >= 0.6 is 0 Å². The first-order chi connectivity index (χ1) is 7.04. The van der Waals surface area contributed by atoms with Gasteiger partial charge < -0.3 is 10.1 Å². The normalized spacial score (nSPS) is 32.6. The van der Waals surface area contributed by atoms with E-state index in [-0.39, 0.29) is 0 Å². The zero-order valence-corrected chi connectivity index (χ0v) is 10.9. The SMILES string of the molecule is CCC1CNC(C(C)C)C(CC(C)C)O1. The van der Waals surface area contributed by atoms with Gasteiger partial charge in [-0.05, 0) is 24.7 Å². The molecule has 0 aliphatic carbocycles. The minimum Gasteiger partial charge on any atom is -0.372 e. The first-order valence-corrected chi connectivity index (χ1v) is 6.43. The number of ether oxygens (including phenoxy) is 1. The lowest BCUT2D eigenvalue weighted by atomic mass is 9.90. The predicted octanol–water partition coefficient (Wildman–Crippen LogP) is 2.82. The Morgan fingerprint density at radius 1 is 1.27 bits per heavy atom. The van der Waals surface area contributed by atoms with E-state index in [1.165, 1.54) is 6.42 Å². The van der Waals surface area contributed by atoms with Crippen molar-refractivity contribution in [2.75, 3.05) is 6.54 Å². The quantitative estimate of drug-likeness (QED) is 0.775. The van der Waals surface area contributed by atoms with Crippen molar-refractivity contribution in [3.8, 4) is 0 Å². The molecule has 90 valence electrons. The highest BCUT2D eigenvalue weighted by molar-refractivity contribution is 4.86. The molecule has 1 saturated heterocycles. The molecule has 1 fully saturated rings. The van der Waals surface area contributed by atoms with E-state index in [1.54, 1.807) is 0 Å². The van der Waals surface area contributed by atoms with Crippen molar-refractivity contribution < 1.29 is 4.74 Å². The van der Waals surface area contributed by atoms with Gasteiger partial charge in [-0.1, -0.05) is 34.6 Å². The maximum Gasteiger partial charge on any atom is 0.0737 e. The predicted molar refractivity (Wildman–Crippen MR) is 65.0 cm³/mol. The summed E-state index contributed by atoms with van der Waals surface area (Å²) in [6, 6.07) is 0.537. The maximum atomic E-state index is 6.16. The molecular formula is C13H27NO. The lowest BCUT2D eigenvalue weighted by molar-refractivity contribution is -0.0810. The summed E-state index contributed by atoms with van der Waals surface area (Å²) in [5.74, 6) is 1.38. The van der Waals surface area contributed by atoms with Crippen LogP contribution in [0.15, 0.2) is 0 Å². The second kappa shape index (κ2) is 5.86. The van der Waals surface area contributed by atoms with Crippen LogP contribution in [0.25, 0.3) is 0 Å². The smallest absolute Gasteiger partial charge is 0.0737 e. The van der Waals surface area contributed by atoms with E-state index in [9.17, 15) is 0 Å². The summed E-state index contributed by atoms with van der Waals surface area (Å²) < 4.78 is 6.16. The number of nitrogens with one attached hydrogen (secondary N) is 1. The fourth-order valence-electron chi connectivity index (χ4n) is 2.35. The Morgan fingerprint density at radius 2 is 1.93 bits per heavy atom. The van der Waals surface area contributed by atoms with Gasteiger partial charge in [-0.3, -0.25) is 0 Å². The molecule has 0 aromatic carbocycles. The molecule has 15 heavy (non-hydrogen) atoms. The van der Waals surface area contributed by atoms with Gasteiger partial charge in [0, 0.05) is 12.6 Å². The Kier molecular flexibility index (Phi) is 5.07. The lowest BCUT2D eigenvalue weighted by Crippen LogP contribution is -2.55. The highest BCUT2D eigenvalue weighted by atomic mass is 16.5. The molecule has 0 spiro atoms. The van der Waals surface area contributed by atoms with E-state index in [0.29, 0.717) is 30.1 Å². The lowest BCUT2D eigenvalue weighted by Gasteiger charge is -2.40. The Balaban J connectivity index is 2.56. The van der Waals surface area contributed by atoms with E-state index in [0.717, 1.165) is 13.0 Å². The van der Waals surface area contributed by atoms with Crippen molar-refractivity contribution in [2.24, 2.45) is 11.8 Å². The third-order valence-electron chi connectivity index (χ3n) is 3.23. The van der Waals surface area contributed by atoms with E-state index in [1.807, 2.05) is 0 Å². The Morgan fingerprint density at radius 3 is 2.40 bits per heavy atom. The van der Waals surface area contributed by atoms with E-state index in [4.69, 9.17) is 4.74 Å². The highest BCUT2D eigenvalue weighted by Gasteiger charge is 2.32. The van der Waals surface area contributed by atoms with E-state index >= 15 is 0 Å². The molecule has 1 rings (SSSR count). The van der Waals surface area contributed by atoms with Gasteiger partial charge in [0.05, 0.1) is 12.2 Å². The van der Waals surface area contributed by atoms with Crippen LogP contribution in [-0.2, 0) is 4.74 Å². The Bertz CT molecular complexity index is 179. The van der Waals surface area contributed by atoms with Crippen LogP contribution in [0.4, 0.5) is 0 Å². The molecule has 0 aromatic heterocycles. The van der Waals surface area contributed by atoms with Crippen molar-refractivity contribution in [3.63, 3.8) is 0 Å². The summed E-state index contributed by atoms with van der Waals surface area (Å²) in [4.78, 5) is 0. The average Bonchev–Trinajstić information content (AvgIpc) is 2.16. The van der Waals surface area contributed by atoms with Crippen LogP contribution in [0.5, 0.6) is 0 Å². The van der Waals surface area contributed by atoms with Crippen molar-refractivity contribution in [1.29, 1.82) is 0 Å². The molecule has 1 aliphatic heterocycles. The second-order valence-electron chi connectivity index (χ2n) is 5.51. The zero-order valence-electron chi connectivity index (χ0n) is 10.9. The molecule has 1 aliphatic rings.